The van der Waals surface area contributed by atoms with Gasteiger partial charge in [0.15, 0.2) is 12.4 Å². The highest BCUT2D eigenvalue weighted by molar-refractivity contribution is 7.85. The Labute approximate surface area is 325 Å². The summed E-state index contributed by atoms with van der Waals surface area (Å²) in [6, 6.07) is 0. The molecule has 0 amide bonds. The predicted octanol–water partition coefficient (Wildman–Crippen LogP) is 7.44. The van der Waals surface area contributed by atoms with E-state index in [1.54, 1.807) is 0 Å². The normalized spacial score (nSPS) is 21.3. The molecule has 0 aromatic rings. The second-order valence-corrected chi connectivity index (χ2v) is 15.8. The molecule has 13 heteroatoms. The Kier molecular flexibility index (Phi) is 29.6. The van der Waals surface area contributed by atoms with Gasteiger partial charge in [0.25, 0.3) is 10.1 Å². The molecule has 0 aliphatic carbocycles. The molecule has 2 unspecified atom stereocenters. The van der Waals surface area contributed by atoms with E-state index in [1.165, 1.54) is 32.1 Å². The molecule has 0 aromatic carbocycles. The Morgan fingerprint density at radius 3 is 1.70 bits per heavy atom. The fraction of sp³-hybridized carbons (Fsp3) is 0.805. The first-order chi connectivity index (χ1) is 26.0. The van der Waals surface area contributed by atoms with Gasteiger partial charge in [-0.25, -0.2) is 0 Å². The van der Waals surface area contributed by atoms with E-state index >= 15 is 0 Å². The molecule has 0 saturated carbocycles. The average Bonchev–Trinajstić information content (AvgIpc) is 3.13. The lowest BCUT2D eigenvalue weighted by Gasteiger charge is -2.40. The summed E-state index contributed by atoms with van der Waals surface area (Å²) in [6.07, 6.45) is 24.8. The van der Waals surface area contributed by atoms with E-state index in [2.05, 4.69) is 50.3 Å². The predicted molar refractivity (Wildman–Crippen MR) is 210 cm³/mol. The van der Waals surface area contributed by atoms with Crippen molar-refractivity contribution in [2.75, 3.05) is 19.0 Å². The van der Waals surface area contributed by atoms with Crippen molar-refractivity contribution in [3.63, 3.8) is 0 Å². The lowest BCUT2D eigenvalue weighted by atomic mass is 10.00. The maximum Gasteiger partial charge on any atom is 0.306 e. The van der Waals surface area contributed by atoms with Crippen LogP contribution in [-0.2, 0) is 38.7 Å². The summed E-state index contributed by atoms with van der Waals surface area (Å²) in [4.78, 5) is 25.3. The van der Waals surface area contributed by atoms with Crippen LogP contribution in [0.5, 0.6) is 0 Å². The average molecular weight is 789 g/mol. The third kappa shape index (κ3) is 26.6. The Balaban J connectivity index is 2.52. The van der Waals surface area contributed by atoms with E-state index in [-0.39, 0.29) is 19.4 Å². The molecule has 1 aliphatic rings. The molecule has 1 aliphatic heterocycles. The Bertz CT molecular complexity index is 1150. The minimum absolute atomic E-state index is 0.146. The zero-order valence-electron chi connectivity index (χ0n) is 33.1. The van der Waals surface area contributed by atoms with Crippen molar-refractivity contribution < 1.29 is 56.8 Å². The summed E-state index contributed by atoms with van der Waals surface area (Å²) in [7, 11) is -4.60. The number of hydrogen-bond acceptors (Lipinski definition) is 11. The van der Waals surface area contributed by atoms with Crippen LogP contribution < -0.4 is 0 Å². The molecule has 1 heterocycles. The van der Waals surface area contributed by atoms with Gasteiger partial charge in [-0.3, -0.25) is 14.1 Å². The van der Waals surface area contributed by atoms with E-state index < -0.39 is 71.2 Å². The Morgan fingerprint density at radius 1 is 0.630 bits per heavy atom. The molecular formula is C41H72O12S. The van der Waals surface area contributed by atoms with Crippen LogP contribution in [0.15, 0.2) is 36.5 Å². The molecule has 0 spiro atoms. The van der Waals surface area contributed by atoms with Crippen molar-refractivity contribution in [2.45, 2.75) is 192 Å². The van der Waals surface area contributed by atoms with Gasteiger partial charge in [-0.05, 0) is 64.2 Å². The van der Waals surface area contributed by atoms with Crippen molar-refractivity contribution in [2.24, 2.45) is 0 Å². The van der Waals surface area contributed by atoms with Gasteiger partial charge in [-0.1, -0.05) is 115 Å². The van der Waals surface area contributed by atoms with Crippen molar-refractivity contribution in [1.29, 1.82) is 0 Å². The molecule has 0 aromatic heterocycles. The molecular weight excluding hydrogens is 717 g/mol. The summed E-state index contributed by atoms with van der Waals surface area (Å²) in [6.45, 7) is 3.65. The second-order valence-electron chi connectivity index (χ2n) is 14.3. The molecule has 314 valence electrons. The summed E-state index contributed by atoms with van der Waals surface area (Å²) in [5.74, 6) is -2.02. The van der Waals surface area contributed by atoms with Crippen LogP contribution >= 0.6 is 0 Å². The first kappa shape index (κ1) is 49.9. The van der Waals surface area contributed by atoms with Crippen molar-refractivity contribution in [1.82, 2.24) is 0 Å². The maximum absolute atomic E-state index is 12.7. The van der Waals surface area contributed by atoms with Crippen molar-refractivity contribution in [3.05, 3.63) is 36.5 Å². The minimum atomic E-state index is -4.60. The number of rotatable bonds is 33. The van der Waals surface area contributed by atoms with Gasteiger partial charge >= 0.3 is 11.9 Å². The van der Waals surface area contributed by atoms with Crippen LogP contribution in [0.4, 0.5) is 0 Å². The van der Waals surface area contributed by atoms with Gasteiger partial charge in [-0.2, -0.15) is 8.42 Å². The number of aliphatic hydroxyl groups is 3. The zero-order chi connectivity index (χ0) is 39.9. The van der Waals surface area contributed by atoms with Gasteiger partial charge in [0.05, 0.1) is 6.61 Å². The van der Waals surface area contributed by atoms with E-state index in [9.17, 15) is 37.9 Å². The van der Waals surface area contributed by atoms with Gasteiger partial charge in [0.2, 0.25) is 0 Å². The molecule has 6 atom stereocenters. The number of ether oxygens (including phenoxy) is 4. The Morgan fingerprint density at radius 2 is 1.13 bits per heavy atom. The van der Waals surface area contributed by atoms with Gasteiger partial charge in [0, 0.05) is 12.8 Å². The number of allylic oxidation sites excluding steroid dienone is 6. The van der Waals surface area contributed by atoms with Crippen LogP contribution in [0, 0.1) is 0 Å². The number of hydrogen-bond donors (Lipinski definition) is 4. The maximum atomic E-state index is 12.7. The molecule has 1 rings (SSSR count). The van der Waals surface area contributed by atoms with Gasteiger partial charge < -0.3 is 34.3 Å². The summed E-state index contributed by atoms with van der Waals surface area (Å²) in [5.41, 5.74) is 0. The van der Waals surface area contributed by atoms with Crippen LogP contribution in [0.1, 0.15) is 155 Å². The van der Waals surface area contributed by atoms with Crippen LogP contribution in [0.2, 0.25) is 0 Å². The molecule has 1 saturated heterocycles. The summed E-state index contributed by atoms with van der Waals surface area (Å²) >= 11 is 0. The fourth-order valence-electron chi connectivity index (χ4n) is 5.92. The van der Waals surface area contributed by atoms with Crippen molar-refractivity contribution >= 4 is 22.1 Å². The third-order valence-corrected chi connectivity index (χ3v) is 9.94. The van der Waals surface area contributed by atoms with Crippen molar-refractivity contribution in [3.8, 4) is 0 Å². The third-order valence-electron chi connectivity index (χ3n) is 9.19. The highest BCUT2D eigenvalue weighted by Gasteiger charge is 2.46. The second kappa shape index (κ2) is 32.0. The van der Waals surface area contributed by atoms with E-state index in [4.69, 9.17) is 18.9 Å². The quantitative estimate of drug-likeness (QED) is 0.0223. The number of esters is 2. The van der Waals surface area contributed by atoms with E-state index in [0.717, 1.165) is 83.5 Å². The molecule has 1 fully saturated rings. The molecule has 0 radical (unpaired) electrons. The monoisotopic (exact) mass is 788 g/mol. The summed E-state index contributed by atoms with van der Waals surface area (Å²) < 4.78 is 53.9. The smallest absolute Gasteiger partial charge is 0.306 e. The highest BCUT2D eigenvalue weighted by atomic mass is 32.2. The molecule has 54 heavy (non-hydrogen) atoms. The van der Waals surface area contributed by atoms with Crippen LogP contribution in [0.25, 0.3) is 0 Å². The standard InChI is InChI=1S/C41H72O12S/c1-3-5-7-9-11-13-15-17-18-20-22-24-26-28-30-37(43)52-34(32-51-41-40(46)39(45)38(44)35(53-41)33-54(47,48)49)31-50-36(42)29-27-25-23-21-19-16-14-12-10-8-6-4-2/h9,11-12,14-15,17,34-35,38-41,44-46H,3-8,10,13,16,18-33H2,1-2H3,(H,47,48,49)/b11-9+,14-12+,17-15+/t34-,35-,38-,39?,40?,41+/m1/s1. The lowest BCUT2D eigenvalue weighted by molar-refractivity contribution is -0.297. The number of aliphatic hydroxyl groups excluding tert-OH is 3. The van der Waals surface area contributed by atoms with E-state index in [1.807, 2.05) is 0 Å². The van der Waals surface area contributed by atoms with Gasteiger partial charge in [0.1, 0.15) is 36.8 Å². The largest absolute Gasteiger partial charge is 0.462 e. The number of carbonyl (C=O) groups excluding carboxylic acids is 2. The highest BCUT2D eigenvalue weighted by Crippen LogP contribution is 2.24. The van der Waals surface area contributed by atoms with Gasteiger partial charge in [-0.15, -0.1) is 0 Å². The fourth-order valence-corrected chi connectivity index (χ4v) is 6.61. The SMILES string of the molecule is CCCC/C=C/C/C=C/CCCCCCCC(=O)O[C@H](COC(=O)CCCCCCC/C=C/CCCCC)CO[C@H]1O[C@H](CS(=O)(=O)O)[C@@H](O)C(O)C1O. The lowest BCUT2D eigenvalue weighted by Crippen LogP contribution is -2.60. The zero-order valence-corrected chi connectivity index (χ0v) is 33.9. The van der Waals surface area contributed by atoms with Crippen LogP contribution in [0.3, 0.4) is 0 Å². The first-order valence-corrected chi connectivity index (χ1v) is 22.2. The number of carbonyl (C=O) groups is 2. The molecule has 12 nitrogen and oxygen atoms in total. The molecule has 4 N–H and O–H groups in total. The minimum Gasteiger partial charge on any atom is -0.462 e. The number of unbranched alkanes of at least 4 members (excludes halogenated alkanes) is 15. The molecule has 0 bridgehead atoms. The topological polar surface area (TPSA) is 186 Å². The Hall–Kier alpha value is -2.13. The van der Waals surface area contributed by atoms with Crippen LogP contribution in [-0.4, -0.2) is 96.0 Å². The van der Waals surface area contributed by atoms with E-state index in [0.29, 0.717) is 12.8 Å². The summed E-state index contributed by atoms with van der Waals surface area (Å²) in [5, 5.41) is 30.8. The first-order valence-electron chi connectivity index (χ1n) is 20.5.